The molecule has 1 amide bonds. The van der Waals surface area contributed by atoms with Crippen LogP contribution in [0.15, 0.2) is 54.4 Å². The number of thiazole rings is 1. The fourth-order valence-corrected chi connectivity index (χ4v) is 6.99. The van der Waals surface area contributed by atoms with Gasteiger partial charge in [0.1, 0.15) is 11.7 Å². The van der Waals surface area contributed by atoms with E-state index in [1.54, 1.807) is 28.7 Å². The Kier molecular flexibility index (Phi) is 7.02. The number of rotatable bonds is 6. The number of carbonyl (C=O) groups excluding carboxylic acids is 1. The topological polar surface area (TPSA) is 89.7 Å². The summed E-state index contributed by atoms with van der Waals surface area (Å²) in [6.07, 6.45) is 6.28. The summed E-state index contributed by atoms with van der Waals surface area (Å²) >= 11 is 15.1. The number of carbonyl (C=O) groups is 1. The number of imidazole rings is 1. The maximum absolute atomic E-state index is 14.3. The zero-order valence-electron chi connectivity index (χ0n) is 21.9. The van der Waals surface area contributed by atoms with E-state index in [1.165, 1.54) is 21.6 Å². The number of nitrogens with one attached hydrogen (secondary N) is 2. The van der Waals surface area contributed by atoms with E-state index in [4.69, 9.17) is 28.3 Å². The first-order valence-corrected chi connectivity index (χ1v) is 15.2. The Balaban J connectivity index is 1.28. The lowest BCUT2D eigenvalue weighted by Gasteiger charge is -2.23. The van der Waals surface area contributed by atoms with Gasteiger partial charge in [-0.15, -0.1) is 11.3 Å². The third-order valence-corrected chi connectivity index (χ3v) is 9.34. The molecule has 0 saturated carbocycles. The molecule has 2 aliphatic rings. The predicted octanol–water partition coefficient (Wildman–Crippen LogP) is 6.25. The van der Waals surface area contributed by atoms with Crippen LogP contribution < -0.4 is 10.6 Å². The van der Waals surface area contributed by atoms with Crippen molar-refractivity contribution >= 4 is 56.5 Å². The highest BCUT2D eigenvalue weighted by molar-refractivity contribution is 7.13. The van der Waals surface area contributed by atoms with Gasteiger partial charge in [0, 0.05) is 40.8 Å². The number of fused-ring (bicyclic) bond motifs is 2. The molecule has 210 valence electrons. The van der Waals surface area contributed by atoms with Gasteiger partial charge < -0.3 is 9.88 Å². The molecule has 0 bridgehead atoms. The van der Waals surface area contributed by atoms with Gasteiger partial charge in [0.25, 0.3) is 5.91 Å². The van der Waals surface area contributed by atoms with Crippen molar-refractivity contribution in [1.82, 2.24) is 29.6 Å². The molecular formula is C29H26Cl2FN7OS. The van der Waals surface area contributed by atoms with Crippen molar-refractivity contribution in [3.8, 4) is 11.1 Å². The van der Waals surface area contributed by atoms with Crippen LogP contribution in [-0.2, 0) is 17.8 Å². The lowest BCUT2D eigenvalue weighted by Crippen LogP contribution is -2.28. The van der Waals surface area contributed by atoms with E-state index < -0.39 is 18.1 Å². The van der Waals surface area contributed by atoms with E-state index in [1.807, 2.05) is 6.07 Å². The largest absolute Gasteiger partial charge is 0.331 e. The molecule has 0 aliphatic carbocycles. The van der Waals surface area contributed by atoms with Crippen LogP contribution in [0, 0.1) is 0 Å². The quantitative estimate of drug-likeness (QED) is 0.237. The average molecular weight is 611 g/mol. The summed E-state index contributed by atoms with van der Waals surface area (Å²) in [4.78, 5) is 22.4. The number of alkyl halides is 1. The highest BCUT2D eigenvalue weighted by Gasteiger charge is 2.34. The van der Waals surface area contributed by atoms with Crippen molar-refractivity contribution in [2.24, 2.45) is 0 Å². The number of piperidine rings is 1. The maximum atomic E-state index is 14.3. The highest BCUT2D eigenvalue weighted by Crippen LogP contribution is 2.40. The van der Waals surface area contributed by atoms with Crippen LogP contribution in [0.2, 0.25) is 10.0 Å². The molecule has 41 heavy (non-hydrogen) atoms. The number of hydrogen-bond donors (Lipinski definition) is 2. The molecule has 2 unspecified atom stereocenters. The van der Waals surface area contributed by atoms with Gasteiger partial charge in [-0.25, -0.2) is 14.4 Å². The van der Waals surface area contributed by atoms with Gasteiger partial charge in [-0.2, -0.15) is 5.10 Å². The van der Waals surface area contributed by atoms with Gasteiger partial charge in [-0.3, -0.25) is 14.8 Å². The van der Waals surface area contributed by atoms with Gasteiger partial charge in [-0.1, -0.05) is 47.5 Å². The molecule has 1 saturated heterocycles. The Morgan fingerprint density at radius 2 is 1.98 bits per heavy atom. The monoisotopic (exact) mass is 609 g/mol. The Hall–Kier alpha value is -3.31. The molecule has 2 aromatic carbocycles. The molecule has 5 heterocycles. The van der Waals surface area contributed by atoms with Gasteiger partial charge in [-0.05, 0) is 49.0 Å². The van der Waals surface area contributed by atoms with Gasteiger partial charge in [0.15, 0.2) is 11.2 Å². The number of halogens is 3. The number of anilines is 1. The Morgan fingerprint density at radius 1 is 1.17 bits per heavy atom. The number of nitrogens with zero attached hydrogens (tertiary/aromatic N) is 5. The summed E-state index contributed by atoms with van der Waals surface area (Å²) in [6.45, 7) is 2.28. The fourth-order valence-electron chi connectivity index (χ4n) is 5.90. The van der Waals surface area contributed by atoms with Crippen molar-refractivity contribution in [3.63, 3.8) is 0 Å². The maximum Gasteiger partial charge on any atom is 0.257 e. The van der Waals surface area contributed by atoms with Crippen molar-refractivity contribution in [2.45, 2.75) is 43.9 Å². The summed E-state index contributed by atoms with van der Waals surface area (Å²) < 4.78 is 17.6. The molecule has 0 radical (unpaired) electrons. The number of amides is 1. The van der Waals surface area contributed by atoms with Crippen molar-refractivity contribution < 1.29 is 9.18 Å². The Labute approximate surface area is 249 Å². The third-order valence-electron chi connectivity index (χ3n) is 7.96. The minimum absolute atomic E-state index is 0.177. The molecule has 7 rings (SSSR count). The molecular weight excluding hydrogens is 584 g/mol. The van der Waals surface area contributed by atoms with Crippen LogP contribution in [-0.4, -0.2) is 49.5 Å². The van der Waals surface area contributed by atoms with Crippen LogP contribution in [0.1, 0.15) is 41.8 Å². The summed E-state index contributed by atoms with van der Waals surface area (Å²) in [5, 5.41) is 14.8. The van der Waals surface area contributed by atoms with Crippen LogP contribution in [0.4, 0.5) is 9.52 Å². The van der Waals surface area contributed by atoms with E-state index in [-0.39, 0.29) is 13.0 Å². The van der Waals surface area contributed by atoms with E-state index in [0.29, 0.717) is 43.4 Å². The second kappa shape index (κ2) is 10.8. The molecule has 12 heteroatoms. The van der Waals surface area contributed by atoms with E-state index in [0.717, 1.165) is 37.1 Å². The lowest BCUT2D eigenvalue weighted by atomic mass is 9.89. The molecule has 8 nitrogen and oxygen atoms in total. The van der Waals surface area contributed by atoms with Crippen molar-refractivity contribution in [3.05, 3.63) is 81.4 Å². The first-order chi connectivity index (χ1) is 20.0. The SMILES string of the molecule is O=C(Nc1nccs1)C(c1ncn2c1CC(F)C2)n1cc2c(Cl)cc(-c3ccc(C4CCNCC4)cc3)c(Cl)c2n1. The van der Waals surface area contributed by atoms with Crippen LogP contribution in [0.25, 0.3) is 22.0 Å². The minimum Gasteiger partial charge on any atom is -0.331 e. The summed E-state index contributed by atoms with van der Waals surface area (Å²) in [5.41, 5.74) is 4.60. The third kappa shape index (κ3) is 4.92. The number of benzene rings is 2. The molecule has 1 fully saturated rings. The fraction of sp³-hybridized carbons (Fsp3) is 0.310. The van der Waals surface area contributed by atoms with Gasteiger partial charge >= 0.3 is 0 Å². The zero-order valence-corrected chi connectivity index (χ0v) is 24.2. The molecule has 2 N–H and O–H groups in total. The molecule has 2 aliphatic heterocycles. The average Bonchev–Trinajstić information content (AvgIpc) is 3.78. The second-order valence-corrected chi connectivity index (χ2v) is 12.2. The van der Waals surface area contributed by atoms with E-state index in [9.17, 15) is 9.18 Å². The molecule has 5 aromatic rings. The summed E-state index contributed by atoms with van der Waals surface area (Å²) in [6, 6.07) is 9.33. The zero-order chi connectivity index (χ0) is 28.1. The van der Waals surface area contributed by atoms with E-state index in [2.05, 4.69) is 44.9 Å². The highest BCUT2D eigenvalue weighted by atomic mass is 35.5. The summed E-state index contributed by atoms with van der Waals surface area (Å²) in [5.74, 6) is 0.157. The predicted molar refractivity (Wildman–Crippen MR) is 160 cm³/mol. The minimum atomic E-state index is -1.03. The molecule has 3 aromatic heterocycles. The second-order valence-electron chi connectivity index (χ2n) is 10.5. The smallest absolute Gasteiger partial charge is 0.257 e. The van der Waals surface area contributed by atoms with Crippen molar-refractivity contribution in [2.75, 3.05) is 18.4 Å². The lowest BCUT2D eigenvalue weighted by molar-refractivity contribution is -0.118. The Bertz CT molecular complexity index is 1730. The van der Waals surface area contributed by atoms with Crippen LogP contribution in [0.5, 0.6) is 0 Å². The van der Waals surface area contributed by atoms with Crippen LogP contribution >= 0.6 is 34.5 Å². The molecule has 2 atom stereocenters. The first-order valence-electron chi connectivity index (χ1n) is 13.5. The first kappa shape index (κ1) is 26.6. The van der Waals surface area contributed by atoms with Gasteiger partial charge in [0.05, 0.1) is 28.6 Å². The van der Waals surface area contributed by atoms with E-state index >= 15 is 0 Å². The molecule has 0 spiro atoms. The van der Waals surface area contributed by atoms with Crippen LogP contribution in [0.3, 0.4) is 0 Å². The summed E-state index contributed by atoms with van der Waals surface area (Å²) in [7, 11) is 0. The standard InChI is InChI=1S/C29H26Cl2FN7OS/c30-22-12-20(18-3-1-16(2-4-18)17-5-7-33-8-6-17)24(31)25-21(22)14-39(37-25)27(28(40)36-29-34-9-10-41-29)26-23-11-19(32)13-38(23)15-35-26/h1-4,9-10,12,14-15,17,19,27,33H,5-8,11,13H2,(H,34,36,40). The Morgan fingerprint density at radius 3 is 2.73 bits per heavy atom. The normalized spacial score (nSPS) is 18.1. The number of aromatic nitrogens is 5. The number of hydrogen-bond acceptors (Lipinski definition) is 6. The van der Waals surface area contributed by atoms with Crippen molar-refractivity contribution in [1.29, 1.82) is 0 Å². The van der Waals surface area contributed by atoms with Gasteiger partial charge in [0.2, 0.25) is 0 Å².